The van der Waals surface area contributed by atoms with Crippen LogP contribution in [0.15, 0.2) is 54.6 Å². The number of nitrogens with one attached hydrogen (secondary N) is 1. The van der Waals surface area contributed by atoms with Gasteiger partial charge in [-0.2, -0.15) is 0 Å². The second-order valence-corrected chi connectivity index (χ2v) is 10.6. The third-order valence-corrected chi connectivity index (χ3v) is 8.11. The quantitative estimate of drug-likeness (QED) is 0.409. The van der Waals surface area contributed by atoms with Crippen LogP contribution in [-0.2, 0) is 4.79 Å². The van der Waals surface area contributed by atoms with Gasteiger partial charge in [0, 0.05) is 17.9 Å². The van der Waals surface area contributed by atoms with Crippen molar-refractivity contribution in [1.29, 1.82) is 0 Å². The van der Waals surface area contributed by atoms with Gasteiger partial charge in [-0.25, -0.2) is 0 Å². The molecule has 2 N–H and O–H groups in total. The van der Waals surface area contributed by atoms with E-state index in [9.17, 15) is 9.59 Å². The number of carboxylic acid groups (broad SMARTS) is 1. The Bertz CT molecular complexity index is 1150. The Morgan fingerprint density at radius 3 is 2.34 bits per heavy atom. The SMILES string of the molecule is O=C(O)CC1CCC(c2ccc(C(=O)Nc3nnc(C4CC(Oc5ccccc5)C4)s3)cc2)CC1. The molecule has 0 radical (unpaired) electrons. The smallest absolute Gasteiger partial charge is 0.303 e. The molecule has 3 aromatic rings. The average Bonchev–Trinajstić information content (AvgIpc) is 3.30. The largest absolute Gasteiger partial charge is 0.490 e. The van der Waals surface area contributed by atoms with Gasteiger partial charge in [0.1, 0.15) is 16.9 Å². The number of rotatable bonds is 8. The highest BCUT2D eigenvalue weighted by molar-refractivity contribution is 7.15. The minimum Gasteiger partial charge on any atom is -0.490 e. The van der Waals surface area contributed by atoms with Crippen molar-refractivity contribution in [2.45, 2.75) is 62.9 Å². The van der Waals surface area contributed by atoms with Gasteiger partial charge in [-0.1, -0.05) is 41.7 Å². The predicted octanol–water partition coefficient (Wildman–Crippen LogP) is 5.86. The van der Waals surface area contributed by atoms with Gasteiger partial charge in [-0.05, 0) is 80.2 Å². The number of aliphatic carboxylic acids is 1. The molecule has 0 aliphatic heterocycles. The van der Waals surface area contributed by atoms with Crippen LogP contribution >= 0.6 is 11.3 Å². The molecule has 1 amide bonds. The van der Waals surface area contributed by atoms with E-state index in [1.54, 1.807) is 0 Å². The molecule has 2 fully saturated rings. The summed E-state index contributed by atoms with van der Waals surface area (Å²) >= 11 is 1.43. The van der Waals surface area contributed by atoms with Crippen LogP contribution in [0.5, 0.6) is 5.75 Å². The summed E-state index contributed by atoms with van der Waals surface area (Å²) in [5.74, 6) is 1.02. The third-order valence-electron chi connectivity index (χ3n) is 7.11. The lowest BCUT2D eigenvalue weighted by Crippen LogP contribution is -2.32. The highest BCUT2D eigenvalue weighted by Gasteiger charge is 2.34. The number of ether oxygens (including phenoxy) is 1. The molecule has 182 valence electrons. The maximum atomic E-state index is 12.7. The summed E-state index contributed by atoms with van der Waals surface area (Å²) in [7, 11) is 0. The van der Waals surface area contributed by atoms with E-state index < -0.39 is 5.97 Å². The van der Waals surface area contributed by atoms with Crippen molar-refractivity contribution in [1.82, 2.24) is 10.2 Å². The van der Waals surface area contributed by atoms with Crippen molar-refractivity contribution >= 4 is 28.3 Å². The summed E-state index contributed by atoms with van der Waals surface area (Å²) in [5.41, 5.74) is 1.80. The number of nitrogens with zero attached hydrogens (tertiary/aromatic N) is 2. The maximum Gasteiger partial charge on any atom is 0.303 e. The van der Waals surface area contributed by atoms with E-state index in [0.717, 1.165) is 49.3 Å². The highest BCUT2D eigenvalue weighted by Crippen LogP contribution is 2.41. The summed E-state index contributed by atoms with van der Waals surface area (Å²) in [6.07, 6.45) is 6.13. The van der Waals surface area contributed by atoms with Crippen molar-refractivity contribution in [3.63, 3.8) is 0 Å². The van der Waals surface area contributed by atoms with Crippen LogP contribution in [0.2, 0.25) is 0 Å². The number of amides is 1. The Hall–Kier alpha value is -3.26. The van der Waals surface area contributed by atoms with Gasteiger partial charge in [0.05, 0.1) is 0 Å². The van der Waals surface area contributed by atoms with Crippen molar-refractivity contribution in [2.24, 2.45) is 5.92 Å². The Kier molecular flexibility index (Phi) is 7.08. The van der Waals surface area contributed by atoms with E-state index >= 15 is 0 Å². The Morgan fingerprint density at radius 1 is 0.943 bits per heavy atom. The molecule has 2 saturated carbocycles. The molecule has 0 spiro atoms. The Labute approximate surface area is 208 Å². The number of para-hydroxylation sites is 1. The summed E-state index contributed by atoms with van der Waals surface area (Å²) in [6.45, 7) is 0. The van der Waals surface area contributed by atoms with Crippen LogP contribution in [-0.4, -0.2) is 33.3 Å². The van der Waals surface area contributed by atoms with Gasteiger partial charge in [-0.3, -0.25) is 14.9 Å². The molecule has 5 rings (SSSR count). The molecule has 2 aromatic carbocycles. The van der Waals surface area contributed by atoms with Crippen LogP contribution < -0.4 is 10.1 Å². The zero-order valence-electron chi connectivity index (χ0n) is 19.4. The number of carbonyl (C=O) groups excluding carboxylic acids is 1. The number of aromatic nitrogens is 2. The number of carbonyl (C=O) groups is 2. The predicted molar refractivity (Wildman–Crippen MR) is 134 cm³/mol. The molecular formula is C27H29N3O4S. The second-order valence-electron chi connectivity index (χ2n) is 9.56. The molecule has 8 heteroatoms. The molecule has 1 heterocycles. The van der Waals surface area contributed by atoms with E-state index in [1.807, 2.05) is 54.6 Å². The van der Waals surface area contributed by atoms with E-state index in [2.05, 4.69) is 15.5 Å². The first kappa shape index (κ1) is 23.5. The normalized spacial score (nSPS) is 23.8. The van der Waals surface area contributed by atoms with Gasteiger partial charge in [0.25, 0.3) is 5.91 Å². The summed E-state index contributed by atoms with van der Waals surface area (Å²) in [5, 5.41) is 21.8. The molecule has 2 aliphatic carbocycles. The van der Waals surface area contributed by atoms with Gasteiger partial charge in [0.15, 0.2) is 0 Å². The van der Waals surface area contributed by atoms with Crippen LogP contribution in [0.3, 0.4) is 0 Å². The van der Waals surface area contributed by atoms with E-state index in [4.69, 9.17) is 9.84 Å². The van der Waals surface area contributed by atoms with Gasteiger partial charge < -0.3 is 9.84 Å². The van der Waals surface area contributed by atoms with Gasteiger partial charge >= 0.3 is 5.97 Å². The number of hydrogen-bond donors (Lipinski definition) is 2. The first-order valence-corrected chi connectivity index (χ1v) is 13.0. The summed E-state index contributed by atoms with van der Waals surface area (Å²) < 4.78 is 5.97. The zero-order valence-corrected chi connectivity index (χ0v) is 20.2. The van der Waals surface area contributed by atoms with Crippen molar-refractivity contribution in [2.75, 3.05) is 5.32 Å². The van der Waals surface area contributed by atoms with Crippen LogP contribution in [0.25, 0.3) is 0 Å². The Morgan fingerprint density at radius 2 is 1.66 bits per heavy atom. The van der Waals surface area contributed by atoms with Crippen molar-refractivity contribution < 1.29 is 19.4 Å². The minimum atomic E-state index is -0.708. The Balaban J connectivity index is 1.10. The molecule has 1 aromatic heterocycles. The molecule has 2 aliphatic rings. The maximum absolute atomic E-state index is 12.7. The summed E-state index contributed by atoms with van der Waals surface area (Å²) in [6, 6.07) is 17.6. The second kappa shape index (κ2) is 10.6. The lowest BCUT2D eigenvalue weighted by atomic mass is 9.77. The molecule has 7 nitrogen and oxygen atoms in total. The van der Waals surface area contributed by atoms with Crippen molar-refractivity contribution in [3.05, 3.63) is 70.7 Å². The fourth-order valence-electron chi connectivity index (χ4n) is 5.03. The lowest BCUT2D eigenvalue weighted by Gasteiger charge is -2.33. The fourth-order valence-corrected chi connectivity index (χ4v) is 5.89. The zero-order chi connectivity index (χ0) is 24.2. The van der Waals surface area contributed by atoms with Crippen molar-refractivity contribution in [3.8, 4) is 5.75 Å². The first-order valence-electron chi connectivity index (χ1n) is 12.2. The highest BCUT2D eigenvalue weighted by atomic mass is 32.1. The minimum absolute atomic E-state index is 0.190. The lowest BCUT2D eigenvalue weighted by molar-refractivity contribution is -0.138. The van der Waals surface area contributed by atoms with Crippen LogP contribution in [0, 0.1) is 5.92 Å². The topological polar surface area (TPSA) is 101 Å². The number of benzene rings is 2. The third kappa shape index (κ3) is 5.88. The standard InChI is InChI=1S/C27H29N3O4S/c31-24(32)14-17-6-8-18(9-7-17)19-10-12-20(13-11-19)25(33)28-27-30-29-26(35-27)21-15-23(16-21)34-22-4-2-1-3-5-22/h1-5,10-13,17-18,21,23H,6-9,14-16H2,(H,31,32)(H,28,30,33). The number of hydrogen-bond acceptors (Lipinski definition) is 6. The van der Waals surface area contributed by atoms with Gasteiger partial charge in [-0.15, -0.1) is 10.2 Å². The first-order chi connectivity index (χ1) is 17.0. The molecule has 0 atom stereocenters. The van der Waals surface area contributed by atoms with Crippen LogP contribution in [0.4, 0.5) is 5.13 Å². The van der Waals surface area contributed by atoms with Gasteiger partial charge in [0.2, 0.25) is 5.13 Å². The fraction of sp³-hybridized carbons (Fsp3) is 0.407. The molecule has 35 heavy (non-hydrogen) atoms. The molecule has 0 saturated heterocycles. The number of carboxylic acids is 1. The number of anilines is 1. The molecular weight excluding hydrogens is 462 g/mol. The van der Waals surface area contributed by atoms with E-state index in [1.165, 1.54) is 16.9 Å². The monoisotopic (exact) mass is 491 g/mol. The van der Waals surface area contributed by atoms with E-state index in [0.29, 0.717) is 22.5 Å². The van der Waals surface area contributed by atoms with Crippen LogP contribution in [0.1, 0.15) is 77.7 Å². The molecule has 0 unspecified atom stereocenters. The van der Waals surface area contributed by atoms with E-state index in [-0.39, 0.29) is 24.3 Å². The molecule has 0 bridgehead atoms. The summed E-state index contributed by atoms with van der Waals surface area (Å²) in [4.78, 5) is 23.6. The average molecular weight is 492 g/mol.